The Morgan fingerprint density at radius 3 is 2.90 bits per heavy atom. The number of aromatic nitrogens is 3. The van der Waals surface area contributed by atoms with Crippen LogP contribution in [0.2, 0.25) is 0 Å². The van der Waals surface area contributed by atoms with Crippen molar-refractivity contribution in [2.75, 3.05) is 11.9 Å². The van der Waals surface area contributed by atoms with E-state index in [0.29, 0.717) is 0 Å². The summed E-state index contributed by atoms with van der Waals surface area (Å²) in [4.78, 5) is 8.83. The number of rotatable bonds is 4. The zero-order valence-corrected chi connectivity index (χ0v) is 12.1. The van der Waals surface area contributed by atoms with Crippen LogP contribution in [0, 0.1) is 18.8 Å². The number of hydrogen-bond donors (Lipinski definition) is 2. The number of nitrogens with one attached hydrogen (secondary N) is 1. The number of aliphatic hydroxyl groups excluding tert-OH is 1. The molecule has 2 aromatic rings. The summed E-state index contributed by atoms with van der Waals surface area (Å²) in [6, 6.07) is 2.36. The Hall–Kier alpha value is -1.62. The third-order valence-electron chi connectivity index (χ3n) is 4.79. The van der Waals surface area contributed by atoms with E-state index in [1.54, 1.807) is 6.33 Å². The summed E-state index contributed by atoms with van der Waals surface area (Å²) in [6.45, 7) is 5.02. The van der Waals surface area contributed by atoms with Crippen molar-refractivity contribution in [3.05, 3.63) is 25.5 Å². The van der Waals surface area contributed by atoms with E-state index in [1.165, 1.54) is 12.8 Å². The van der Waals surface area contributed by atoms with Crippen LogP contribution >= 0.6 is 0 Å². The summed E-state index contributed by atoms with van der Waals surface area (Å²) in [6.07, 6.45) is 7.70. The third-order valence-corrected chi connectivity index (χ3v) is 4.79. The van der Waals surface area contributed by atoms with Crippen molar-refractivity contribution in [1.29, 1.82) is 0 Å². The minimum absolute atomic E-state index is 0.113. The van der Waals surface area contributed by atoms with Gasteiger partial charge in [-0.05, 0) is 50.5 Å². The molecule has 2 aliphatic carbocycles. The molecule has 0 unspecified atom stereocenters. The SMILES string of the molecule is [CH2][C@H]1C[C@@H](n2ccc3c(NCC4CC4)ncnc32)C[C@@H]1O. The lowest BCUT2D eigenvalue weighted by Gasteiger charge is -2.13. The summed E-state index contributed by atoms with van der Waals surface area (Å²) in [5.41, 5.74) is 0.953. The predicted molar refractivity (Wildman–Crippen MR) is 81.9 cm³/mol. The van der Waals surface area contributed by atoms with Crippen LogP contribution in [0.25, 0.3) is 11.0 Å². The molecule has 0 bridgehead atoms. The van der Waals surface area contributed by atoms with Crippen molar-refractivity contribution >= 4 is 16.9 Å². The summed E-state index contributed by atoms with van der Waals surface area (Å²) in [5.74, 6) is 1.85. The zero-order valence-electron chi connectivity index (χ0n) is 12.1. The average molecular weight is 285 g/mol. The summed E-state index contributed by atoms with van der Waals surface area (Å²) < 4.78 is 2.17. The van der Waals surface area contributed by atoms with Gasteiger partial charge in [0.15, 0.2) is 0 Å². The lowest BCUT2D eigenvalue weighted by molar-refractivity contribution is 0.149. The van der Waals surface area contributed by atoms with Crippen LogP contribution in [0.15, 0.2) is 18.6 Å². The van der Waals surface area contributed by atoms with Crippen LogP contribution in [0.3, 0.4) is 0 Å². The van der Waals surface area contributed by atoms with Crippen molar-refractivity contribution in [3.8, 4) is 0 Å². The molecule has 1 radical (unpaired) electrons. The number of hydrogen-bond acceptors (Lipinski definition) is 4. The van der Waals surface area contributed by atoms with Crippen molar-refractivity contribution in [2.24, 2.45) is 11.8 Å². The molecule has 0 saturated heterocycles. The Kier molecular flexibility index (Phi) is 3.10. The van der Waals surface area contributed by atoms with Gasteiger partial charge in [-0.3, -0.25) is 0 Å². The molecule has 0 aromatic carbocycles. The van der Waals surface area contributed by atoms with Gasteiger partial charge in [0.05, 0.1) is 11.5 Å². The maximum atomic E-state index is 9.92. The average Bonchev–Trinajstić information content (AvgIpc) is 3.11. The van der Waals surface area contributed by atoms with E-state index in [2.05, 4.69) is 39.0 Å². The van der Waals surface area contributed by atoms with Crippen LogP contribution in [0.5, 0.6) is 0 Å². The van der Waals surface area contributed by atoms with Gasteiger partial charge in [0, 0.05) is 18.8 Å². The molecule has 0 aliphatic heterocycles. The zero-order chi connectivity index (χ0) is 14.4. The Balaban J connectivity index is 1.63. The second-order valence-corrected chi connectivity index (χ2v) is 6.46. The Bertz CT molecular complexity index is 639. The third kappa shape index (κ3) is 2.39. The van der Waals surface area contributed by atoms with E-state index < -0.39 is 0 Å². The molecule has 2 N–H and O–H groups in total. The van der Waals surface area contributed by atoms with Crippen molar-refractivity contribution in [2.45, 2.75) is 37.8 Å². The first-order chi connectivity index (χ1) is 10.2. The molecule has 21 heavy (non-hydrogen) atoms. The Morgan fingerprint density at radius 2 is 2.19 bits per heavy atom. The highest BCUT2D eigenvalue weighted by molar-refractivity contribution is 5.87. The summed E-state index contributed by atoms with van der Waals surface area (Å²) in [7, 11) is 0. The first kappa shape index (κ1) is 13.1. The van der Waals surface area contributed by atoms with Crippen LogP contribution < -0.4 is 5.32 Å². The first-order valence-corrected chi connectivity index (χ1v) is 7.79. The van der Waals surface area contributed by atoms with E-state index in [0.717, 1.165) is 42.2 Å². The molecule has 2 fully saturated rings. The highest BCUT2D eigenvalue weighted by atomic mass is 16.3. The minimum Gasteiger partial charge on any atom is -0.393 e. The van der Waals surface area contributed by atoms with E-state index >= 15 is 0 Å². The molecule has 4 rings (SSSR count). The van der Waals surface area contributed by atoms with E-state index in [9.17, 15) is 5.11 Å². The fourth-order valence-corrected chi connectivity index (χ4v) is 3.27. The molecule has 3 atom stereocenters. The molecule has 5 heteroatoms. The van der Waals surface area contributed by atoms with Gasteiger partial charge in [-0.25, -0.2) is 9.97 Å². The summed E-state index contributed by atoms with van der Waals surface area (Å²) in [5, 5.41) is 14.4. The largest absolute Gasteiger partial charge is 0.393 e. The van der Waals surface area contributed by atoms with Crippen LogP contribution in [0.4, 0.5) is 5.82 Å². The predicted octanol–water partition coefficient (Wildman–Crippen LogP) is 2.40. The standard InChI is InChI=1S/C16H21N4O/c1-10-6-12(7-14(10)21)20-5-4-13-15(17-8-11-2-3-11)18-9-19-16(13)20/h4-5,9-12,14,21H,1-3,6-8H2,(H,17,18,19)/t10-,12+,14-/m0/s1. The number of nitrogens with zero attached hydrogens (tertiary/aromatic N) is 3. The molecule has 0 amide bonds. The minimum atomic E-state index is -0.304. The first-order valence-electron chi connectivity index (χ1n) is 7.79. The van der Waals surface area contributed by atoms with Gasteiger partial charge >= 0.3 is 0 Å². The van der Waals surface area contributed by atoms with Gasteiger partial charge in [0.2, 0.25) is 0 Å². The van der Waals surface area contributed by atoms with Gasteiger partial charge < -0.3 is 15.0 Å². The van der Waals surface area contributed by atoms with Crippen LogP contribution in [0.1, 0.15) is 31.7 Å². The smallest absolute Gasteiger partial charge is 0.145 e. The molecular formula is C16H21N4O. The quantitative estimate of drug-likeness (QED) is 0.905. The number of anilines is 1. The van der Waals surface area contributed by atoms with Gasteiger partial charge in [0.1, 0.15) is 17.8 Å². The molecule has 2 heterocycles. The highest BCUT2D eigenvalue weighted by Crippen LogP contribution is 2.37. The Morgan fingerprint density at radius 1 is 1.33 bits per heavy atom. The molecule has 2 saturated carbocycles. The fourth-order valence-electron chi connectivity index (χ4n) is 3.27. The van der Waals surface area contributed by atoms with Crippen molar-refractivity contribution < 1.29 is 5.11 Å². The maximum absolute atomic E-state index is 9.92. The molecule has 0 spiro atoms. The monoisotopic (exact) mass is 285 g/mol. The topological polar surface area (TPSA) is 63.0 Å². The maximum Gasteiger partial charge on any atom is 0.145 e. The molecule has 5 nitrogen and oxygen atoms in total. The van der Waals surface area contributed by atoms with Gasteiger partial charge in [0.25, 0.3) is 0 Å². The molecular weight excluding hydrogens is 264 g/mol. The molecule has 2 aromatic heterocycles. The van der Waals surface area contributed by atoms with Crippen LogP contribution in [-0.4, -0.2) is 32.3 Å². The lowest BCUT2D eigenvalue weighted by atomic mass is 10.1. The highest BCUT2D eigenvalue weighted by Gasteiger charge is 2.31. The van der Waals surface area contributed by atoms with Gasteiger partial charge in [-0.2, -0.15) is 0 Å². The van der Waals surface area contributed by atoms with Gasteiger partial charge in [-0.1, -0.05) is 0 Å². The van der Waals surface area contributed by atoms with E-state index in [4.69, 9.17) is 0 Å². The normalized spacial score (nSPS) is 29.1. The molecule has 111 valence electrons. The van der Waals surface area contributed by atoms with Gasteiger partial charge in [-0.15, -0.1) is 0 Å². The van der Waals surface area contributed by atoms with E-state index in [1.807, 2.05) is 0 Å². The second kappa shape index (κ2) is 4.98. The van der Waals surface area contributed by atoms with Crippen LogP contribution in [-0.2, 0) is 0 Å². The second-order valence-electron chi connectivity index (χ2n) is 6.46. The fraction of sp³-hybridized carbons (Fsp3) is 0.562. The van der Waals surface area contributed by atoms with Crippen molar-refractivity contribution in [1.82, 2.24) is 14.5 Å². The number of fused-ring (bicyclic) bond motifs is 1. The lowest BCUT2D eigenvalue weighted by Crippen LogP contribution is -2.09. The van der Waals surface area contributed by atoms with Crippen molar-refractivity contribution in [3.63, 3.8) is 0 Å². The van der Waals surface area contributed by atoms with E-state index in [-0.39, 0.29) is 18.1 Å². The summed E-state index contributed by atoms with van der Waals surface area (Å²) >= 11 is 0. The molecule has 2 aliphatic rings. The number of aliphatic hydroxyl groups is 1. The Labute approximate surface area is 124 Å².